The van der Waals surface area contributed by atoms with Gasteiger partial charge in [0.1, 0.15) is 11.5 Å². The molecule has 0 unspecified atom stereocenters. The number of amides is 3. The number of carbonyl (C=O) groups excluding carboxylic acids is 2. The number of morpholine rings is 1. The summed E-state index contributed by atoms with van der Waals surface area (Å²) in [6, 6.07) is 13.5. The van der Waals surface area contributed by atoms with E-state index in [1.54, 1.807) is 60.5 Å². The van der Waals surface area contributed by atoms with E-state index < -0.39 is 0 Å². The minimum Gasteiger partial charge on any atom is -0.497 e. The fraction of sp³-hybridized carbons (Fsp3) is 0.300. The third kappa shape index (κ3) is 5.62. The van der Waals surface area contributed by atoms with Gasteiger partial charge in [-0.3, -0.25) is 4.79 Å². The molecule has 148 valence electrons. The lowest BCUT2D eigenvalue weighted by Gasteiger charge is -2.26. The van der Waals surface area contributed by atoms with Crippen molar-refractivity contribution >= 4 is 23.3 Å². The highest BCUT2D eigenvalue weighted by molar-refractivity contribution is 5.99. The van der Waals surface area contributed by atoms with Gasteiger partial charge >= 0.3 is 6.03 Å². The van der Waals surface area contributed by atoms with E-state index >= 15 is 0 Å². The van der Waals surface area contributed by atoms with Gasteiger partial charge in [0.25, 0.3) is 5.91 Å². The zero-order valence-corrected chi connectivity index (χ0v) is 15.6. The van der Waals surface area contributed by atoms with Crippen molar-refractivity contribution in [3.05, 3.63) is 48.5 Å². The van der Waals surface area contributed by atoms with Gasteiger partial charge in [0.05, 0.1) is 20.3 Å². The van der Waals surface area contributed by atoms with Crippen LogP contribution in [0.15, 0.2) is 48.5 Å². The maximum atomic E-state index is 12.1. The minimum atomic E-state index is -0.360. The normalized spacial score (nSPS) is 13.5. The number of hydrogen-bond acceptors (Lipinski definition) is 5. The van der Waals surface area contributed by atoms with Crippen molar-refractivity contribution in [3.63, 3.8) is 0 Å². The van der Waals surface area contributed by atoms with Crippen LogP contribution in [0, 0.1) is 0 Å². The Balaban J connectivity index is 1.45. The van der Waals surface area contributed by atoms with E-state index in [1.807, 2.05) is 0 Å². The van der Waals surface area contributed by atoms with E-state index in [0.29, 0.717) is 49.2 Å². The highest BCUT2D eigenvalue weighted by atomic mass is 16.5. The Bertz CT molecular complexity index is 786. The number of nitrogens with one attached hydrogen (secondary N) is 2. The predicted molar refractivity (Wildman–Crippen MR) is 105 cm³/mol. The summed E-state index contributed by atoms with van der Waals surface area (Å²) in [6.07, 6.45) is 0. The highest BCUT2D eigenvalue weighted by Crippen LogP contribution is 2.18. The van der Waals surface area contributed by atoms with Crippen molar-refractivity contribution in [2.24, 2.45) is 0 Å². The lowest BCUT2D eigenvalue weighted by molar-refractivity contribution is -0.137. The van der Waals surface area contributed by atoms with Gasteiger partial charge in [-0.05, 0) is 48.5 Å². The summed E-state index contributed by atoms with van der Waals surface area (Å²) in [5, 5.41) is 5.47. The summed E-state index contributed by atoms with van der Waals surface area (Å²) in [4.78, 5) is 25.9. The molecule has 2 aromatic rings. The van der Waals surface area contributed by atoms with Crippen molar-refractivity contribution in [1.29, 1.82) is 0 Å². The second kappa shape index (κ2) is 9.61. The number of rotatable bonds is 6. The van der Waals surface area contributed by atoms with E-state index in [9.17, 15) is 9.59 Å². The van der Waals surface area contributed by atoms with Crippen LogP contribution in [-0.4, -0.2) is 56.9 Å². The first-order valence-electron chi connectivity index (χ1n) is 8.94. The molecule has 1 heterocycles. The molecule has 1 saturated heterocycles. The molecule has 3 rings (SSSR count). The number of nitrogens with zero attached hydrogens (tertiary/aromatic N) is 1. The van der Waals surface area contributed by atoms with Gasteiger partial charge < -0.3 is 29.7 Å². The van der Waals surface area contributed by atoms with Crippen LogP contribution in [0.2, 0.25) is 0 Å². The van der Waals surface area contributed by atoms with Crippen molar-refractivity contribution < 1.29 is 23.8 Å². The van der Waals surface area contributed by atoms with E-state index in [0.717, 1.165) is 0 Å². The Labute approximate surface area is 163 Å². The molecule has 1 aliphatic heterocycles. The number of benzene rings is 2. The lowest BCUT2D eigenvalue weighted by atomic mass is 10.3. The highest BCUT2D eigenvalue weighted by Gasteiger charge is 2.17. The third-order valence-electron chi connectivity index (χ3n) is 4.19. The fourth-order valence-corrected chi connectivity index (χ4v) is 2.65. The van der Waals surface area contributed by atoms with Crippen molar-refractivity contribution in [1.82, 2.24) is 4.90 Å². The molecule has 2 aromatic carbocycles. The van der Waals surface area contributed by atoms with Gasteiger partial charge in [-0.2, -0.15) is 0 Å². The van der Waals surface area contributed by atoms with Crippen molar-refractivity contribution in [3.8, 4) is 11.5 Å². The molecular formula is C20H23N3O5. The quantitative estimate of drug-likeness (QED) is 0.798. The first-order chi connectivity index (χ1) is 13.6. The van der Waals surface area contributed by atoms with Gasteiger partial charge in [0.2, 0.25) is 0 Å². The third-order valence-corrected chi connectivity index (χ3v) is 4.19. The van der Waals surface area contributed by atoms with Crippen LogP contribution in [0.25, 0.3) is 0 Å². The average Bonchev–Trinajstić information content (AvgIpc) is 2.74. The summed E-state index contributed by atoms with van der Waals surface area (Å²) in [5.74, 6) is 1.21. The first-order valence-corrected chi connectivity index (χ1v) is 8.94. The summed E-state index contributed by atoms with van der Waals surface area (Å²) in [5.41, 5.74) is 1.26. The molecule has 0 aliphatic carbocycles. The zero-order chi connectivity index (χ0) is 19.8. The minimum absolute atomic E-state index is 0.0231. The van der Waals surface area contributed by atoms with Crippen LogP contribution < -0.4 is 20.1 Å². The Kier molecular flexibility index (Phi) is 6.69. The Morgan fingerprint density at radius 2 is 1.46 bits per heavy atom. The van der Waals surface area contributed by atoms with Crippen LogP contribution in [0.1, 0.15) is 0 Å². The van der Waals surface area contributed by atoms with Crippen molar-refractivity contribution in [2.75, 3.05) is 50.7 Å². The summed E-state index contributed by atoms with van der Waals surface area (Å²) in [6.45, 7) is 2.28. The van der Waals surface area contributed by atoms with Gasteiger partial charge in [-0.25, -0.2) is 4.79 Å². The molecule has 0 atom stereocenters. The lowest BCUT2D eigenvalue weighted by Crippen LogP contribution is -2.42. The van der Waals surface area contributed by atoms with E-state index in [4.69, 9.17) is 14.2 Å². The average molecular weight is 385 g/mol. The van der Waals surface area contributed by atoms with Crippen molar-refractivity contribution in [2.45, 2.75) is 0 Å². The van der Waals surface area contributed by atoms with Crippen LogP contribution in [-0.2, 0) is 9.53 Å². The molecule has 8 heteroatoms. The van der Waals surface area contributed by atoms with Crippen LogP contribution >= 0.6 is 0 Å². The Hall–Kier alpha value is -3.26. The SMILES string of the molecule is COc1ccc(NC(=O)Nc2ccc(OCC(=O)N3CCOCC3)cc2)cc1. The Morgan fingerprint density at radius 1 is 0.929 bits per heavy atom. The molecule has 1 fully saturated rings. The maximum absolute atomic E-state index is 12.1. The molecule has 0 radical (unpaired) electrons. The molecule has 0 saturated carbocycles. The van der Waals surface area contributed by atoms with Gasteiger partial charge in [0, 0.05) is 24.5 Å². The number of anilines is 2. The molecule has 0 bridgehead atoms. The largest absolute Gasteiger partial charge is 0.497 e. The number of urea groups is 1. The summed E-state index contributed by atoms with van der Waals surface area (Å²) in [7, 11) is 1.58. The fourth-order valence-electron chi connectivity index (χ4n) is 2.65. The zero-order valence-electron chi connectivity index (χ0n) is 15.6. The number of carbonyl (C=O) groups is 2. The molecule has 28 heavy (non-hydrogen) atoms. The smallest absolute Gasteiger partial charge is 0.323 e. The van der Waals surface area contributed by atoms with E-state index in [2.05, 4.69) is 10.6 Å². The molecule has 8 nitrogen and oxygen atoms in total. The second-order valence-corrected chi connectivity index (χ2v) is 6.11. The number of hydrogen-bond donors (Lipinski definition) is 2. The molecule has 0 aromatic heterocycles. The van der Waals surface area contributed by atoms with Crippen LogP contribution in [0.5, 0.6) is 11.5 Å². The topological polar surface area (TPSA) is 89.1 Å². The number of methoxy groups -OCH3 is 1. The van der Waals surface area contributed by atoms with E-state index in [1.165, 1.54) is 0 Å². The number of ether oxygens (including phenoxy) is 3. The van der Waals surface area contributed by atoms with Gasteiger partial charge in [0.15, 0.2) is 6.61 Å². The van der Waals surface area contributed by atoms with Crippen LogP contribution in [0.4, 0.5) is 16.2 Å². The second-order valence-electron chi connectivity index (χ2n) is 6.11. The van der Waals surface area contributed by atoms with Gasteiger partial charge in [-0.1, -0.05) is 0 Å². The molecule has 3 amide bonds. The molecule has 1 aliphatic rings. The first kappa shape index (κ1) is 19.5. The summed E-state index contributed by atoms with van der Waals surface area (Å²) >= 11 is 0. The molecule has 0 spiro atoms. The molecular weight excluding hydrogens is 362 g/mol. The molecule has 2 N–H and O–H groups in total. The summed E-state index contributed by atoms with van der Waals surface area (Å²) < 4.78 is 15.8. The predicted octanol–water partition coefficient (Wildman–Crippen LogP) is 2.58. The monoisotopic (exact) mass is 385 g/mol. The maximum Gasteiger partial charge on any atom is 0.323 e. The van der Waals surface area contributed by atoms with E-state index in [-0.39, 0.29) is 18.5 Å². The van der Waals surface area contributed by atoms with Crippen LogP contribution in [0.3, 0.4) is 0 Å². The van der Waals surface area contributed by atoms with Gasteiger partial charge in [-0.15, -0.1) is 0 Å². The Morgan fingerprint density at radius 3 is 2.00 bits per heavy atom. The standard InChI is InChI=1S/C20H23N3O5/c1-26-17-6-2-15(3-7-17)21-20(25)22-16-4-8-18(9-5-16)28-14-19(24)23-10-12-27-13-11-23/h2-9H,10-14H2,1H3,(H2,21,22,25).